The van der Waals surface area contributed by atoms with Crippen molar-refractivity contribution >= 4 is 21.4 Å². The first-order valence-corrected chi connectivity index (χ1v) is 7.87. The molecule has 3 rings (SSSR count). The van der Waals surface area contributed by atoms with E-state index >= 15 is 0 Å². The summed E-state index contributed by atoms with van der Waals surface area (Å²) in [6, 6.07) is 9.34. The molecule has 2 nitrogen and oxygen atoms in total. The lowest BCUT2D eigenvalue weighted by Crippen LogP contribution is -2.60. The second-order valence-electron chi connectivity index (χ2n) is 6.28. The van der Waals surface area contributed by atoms with Gasteiger partial charge in [0, 0.05) is 35.9 Å². The number of hydrogen-bond acceptors (Lipinski definition) is 3. The Hall–Kier alpha value is -0.900. The fourth-order valence-corrected chi connectivity index (χ4v) is 3.81. The van der Waals surface area contributed by atoms with Crippen LogP contribution in [0.2, 0.25) is 0 Å². The number of benzene rings is 1. The molecule has 1 unspecified atom stereocenters. The van der Waals surface area contributed by atoms with Gasteiger partial charge in [0.05, 0.1) is 0 Å². The third kappa shape index (κ3) is 2.69. The Bertz CT molecular complexity index is 573. The third-order valence-electron chi connectivity index (χ3n) is 4.03. The van der Waals surface area contributed by atoms with E-state index in [2.05, 4.69) is 60.6 Å². The van der Waals surface area contributed by atoms with Gasteiger partial charge in [-0.05, 0) is 43.2 Å². The maximum Gasteiger partial charge on any atom is 0.0346 e. The minimum absolute atomic E-state index is 0.221. The molecule has 1 N–H and O–H groups in total. The summed E-state index contributed by atoms with van der Waals surface area (Å²) in [6.07, 6.45) is 0. The monoisotopic (exact) mass is 274 g/mol. The molecule has 19 heavy (non-hydrogen) atoms. The molecule has 0 spiro atoms. The molecule has 1 saturated heterocycles. The molecule has 1 aliphatic rings. The van der Waals surface area contributed by atoms with Crippen LogP contribution in [-0.4, -0.2) is 29.6 Å². The van der Waals surface area contributed by atoms with E-state index < -0.39 is 0 Å². The van der Waals surface area contributed by atoms with Crippen LogP contribution in [0.25, 0.3) is 10.1 Å². The van der Waals surface area contributed by atoms with Crippen LogP contribution in [0, 0.1) is 0 Å². The fraction of sp³-hybridized carbons (Fsp3) is 0.500. The highest BCUT2D eigenvalue weighted by Gasteiger charge is 2.30. The first-order valence-electron chi connectivity index (χ1n) is 6.99. The molecule has 0 aliphatic carbocycles. The van der Waals surface area contributed by atoms with Crippen molar-refractivity contribution in [3.63, 3.8) is 0 Å². The molecular formula is C16H22N2S. The second-order valence-corrected chi connectivity index (χ2v) is 7.19. The molecule has 0 amide bonds. The van der Waals surface area contributed by atoms with E-state index in [4.69, 9.17) is 0 Å². The van der Waals surface area contributed by atoms with Gasteiger partial charge in [-0.2, -0.15) is 0 Å². The minimum atomic E-state index is 0.221. The smallest absolute Gasteiger partial charge is 0.0346 e. The molecule has 0 radical (unpaired) electrons. The van der Waals surface area contributed by atoms with Crippen LogP contribution in [0.1, 0.15) is 26.3 Å². The van der Waals surface area contributed by atoms with E-state index in [9.17, 15) is 0 Å². The number of piperazine rings is 1. The first kappa shape index (κ1) is 13.1. The van der Waals surface area contributed by atoms with Gasteiger partial charge in [-0.1, -0.05) is 18.2 Å². The van der Waals surface area contributed by atoms with Crippen LogP contribution in [0.5, 0.6) is 0 Å². The van der Waals surface area contributed by atoms with Crippen molar-refractivity contribution in [1.82, 2.24) is 10.2 Å². The lowest BCUT2D eigenvalue weighted by atomic mass is 9.98. The van der Waals surface area contributed by atoms with E-state index in [1.54, 1.807) is 0 Å². The van der Waals surface area contributed by atoms with Gasteiger partial charge in [-0.25, -0.2) is 0 Å². The summed E-state index contributed by atoms with van der Waals surface area (Å²) in [4.78, 5) is 2.60. The molecule has 3 heteroatoms. The molecule has 1 fully saturated rings. The van der Waals surface area contributed by atoms with E-state index in [0.29, 0.717) is 6.04 Å². The average Bonchev–Trinajstić information content (AvgIpc) is 2.77. The number of rotatable bonds is 2. The molecule has 1 aromatic heterocycles. The van der Waals surface area contributed by atoms with Crippen molar-refractivity contribution in [2.24, 2.45) is 0 Å². The van der Waals surface area contributed by atoms with E-state index in [-0.39, 0.29) is 5.54 Å². The highest BCUT2D eigenvalue weighted by Crippen LogP contribution is 2.28. The van der Waals surface area contributed by atoms with Crippen LogP contribution in [0.3, 0.4) is 0 Å². The summed E-state index contributed by atoms with van der Waals surface area (Å²) < 4.78 is 1.40. The maximum absolute atomic E-state index is 3.62. The first-order chi connectivity index (χ1) is 9.05. The van der Waals surface area contributed by atoms with Crippen molar-refractivity contribution in [2.45, 2.75) is 38.9 Å². The predicted molar refractivity (Wildman–Crippen MR) is 83.8 cm³/mol. The van der Waals surface area contributed by atoms with Crippen LogP contribution in [0.15, 0.2) is 29.6 Å². The third-order valence-corrected chi connectivity index (χ3v) is 5.04. The Labute approximate surface area is 119 Å². The van der Waals surface area contributed by atoms with Gasteiger partial charge in [0.2, 0.25) is 0 Å². The molecule has 0 saturated carbocycles. The van der Waals surface area contributed by atoms with Gasteiger partial charge >= 0.3 is 0 Å². The summed E-state index contributed by atoms with van der Waals surface area (Å²) in [5, 5.41) is 7.37. The number of hydrogen-bond donors (Lipinski definition) is 1. The Kier molecular flexibility index (Phi) is 3.37. The molecule has 1 aromatic carbocycles. The van der Waals surface area contributed by atoms with Gasteiger partial charge in [0.1, 0.15) is 0 Å². The number of thiophene rings is 1. The highest BCUT2D eigenvalue weighted by molar-refractivity contribution is 7.17. The van der Waals surface area contributed by atoms with Gasteiger partial charge < -0.3 is 5.32 Å². The summed E-state index contributed by atoms with van der Waals surface area (Å²) in [7, 11) is 0. The zero-order valence-electron chi connectivity index (χ0n) is 11.9. The van der Waals surface area contributed by atoms with Gasteiger partial charge in [-0.3, -0.25) is 4.90 Å². The molecule has 2 aromatic rings. The second kappa shape index (κ2) is 4.89. The van der Waals surface area contributed by atoms with Crippen LogP contribution in [-0.2, 0) is 6.54 Å². The molecule has 2 heterocycles. The van der Waals surface area contributed by atoms with Crippen molar-refractivity contribution in [2.75, 3.05) is 13.1 Å². The Morgan fingerprint density at radius 3 is 3.00 bits per heavy atom. The zero-order valence-corrected chi connectivity index (χ0v) is 12.8. The van der Waals surface area contributed by atoms with Crippen LogP contribution in [0.4, 0.5) is 0 Å². The minimum Gasteiger partial charge on any atom is -0.309 e. The Balaban J connectivity index is 1.84. The number of nitrogens with zero attached hydrogens (tertiary/aromatic N) is 1. The van der Waals surface area contributed by atoms with Crippen molar-refractivity contribution < 1.29 is 0 Å². The average molecular weight is 274 g/mol. The van der Waals surface area contributed by atoms with Gasteiger partial charge in [0.25, 0.3) is 0 Å². The van der Waals surface area contributed by atoms with E-state index in [0.717, 1.165) is 19.6 Å². The SMILES string of the molecule is CC1CNC(C)(C)CN1Cc1csc2ccccc12. The maximum atomic E-state index is 3.62. The van der Waals surface area contributed by atoms with E-state index in [1.807, 2.05) is 11.3 Å². The fourth-order valence-electron chi connectivity index (χ4n) is 2.86. The van der Waals surface area contributed by atoms with Crippen LogP contribution >= 0.6 is 11.3 Å². The normalized spacial score (nSPS) is 23.8. The zero-order chi connectivity index (χ0) is 13.5. The quantitative estimate of drug-likeness (QED) is 0.902. The molecule has 1 aliphatic heterocycles. The summed E-state index contributed by atoms with van der Waals surface area (Å²) in [6.45, 7) is 10.1. The predicted octanol–water partition coefficient (Wildman–Crippen LogP) is 3.47. The topological polar surface area (TPSA) is 15.3 Å². The lowest BCUT2D eigenvalue weighted by molar-refractivity contribution is 0.0983. The molecular weight excluding hydrogens is 252 g/mol. The summed E-state index contributed by atoms with van der Waals surface area (Å²) >= 11 is 1.86. The lowest BCUT2D eigenvalue weighted by Gasteiger charge is -2.43. The standard InChI is InChI=1S/C16H22N2S/c1-12-8-17-16(2,3)11-18(12)9-13-10-19-15-7-5-4-6-14(13)15/h4-7,10,12,17H,8-9,11H2,1-3H3. The Morgan fingerprint density at radius 2 is 2.16 bits per heavy atom. The molecule has 1 atom stereocenters. The molecule has 102 valence electrons. The largest absolute Gasteiger partial charge is 0.309 e. The van der Waals surface area contributed by atoms with Gasteiger partial charge in [-0.15, -0.1) is 11.3 Å². The number of fused-ring (bicyclic) bond motifs is 1. The highest BCUT2D eigenvalue weighted by atomic mass is 32.1. The summed E-state index contributed by atoms with van der Waals surface area (Å²) in [5.74, 6) is 0. The van der Waals surface area contributed by atoms with E-state index in [1.165, 1.54) is 15.6 Å². The Morgan fingerprint density at radius 1 is 1.37 bits per heavy atom. The summed E-state index contributed by atoms with van der Waals surface area (Å²) in [5.41, 5.74) is 1.70. The van der Waals surface area contributed by atoms with Crippen molar-refractivity contribution in [1.29, 1.82) is 0 Å². The van der Waals surface area contributed by atoms with Gasteiger partial charge in [0.15, 0.2) is 0 Å². The molecule has 0 bridgehead atoms. The van der Waals surface area contributed by atoms with Crippen LogP contribution < -0.4 is 5.32 Å². The van der Waals surface area contributed by atoms with Crippen molar-refractivity contribution in [3.8, 4) is 0 Å². The van der Waals surface area contributed by atoms with Crippen molar-refractivity contribution in [3.05, 3.63) is 35.2 Å². The number of nitrogens with one attached hydrogen (secondary N) is 1.